The standard InChI is InChI=1S/C6H9NO.C2H6/c1-8-5-6(4-7)2-3-6;1-2/h2-3,5H2,1H3;1-2H3. The van der Waals surface area contributed by atoms with E-state index in [0.717, 1.165) is 12.8 Å². The molecule has 0 heterocycles. The minimum atomic E-state index is -0.0747. The van der Waals surface area contributed by atoms with E-state index in [0.29, 0.717) is 6.61 Å². The minimum Gasteiger partial charge on any atom is -0.383 e. The molecule has 0 aromatic carbocycles. The minimum absolute atomic E-state index is 0.0747. The third kappa shape index (κ3) is 2.36. The lowest BCUT2D eigenvalue weighted by atomic mass is 10.2. The van der Waals surface area contributed by atoms with Crippen molar-refractivity contribution in [2.45, 2.75) is 26.7 Å². The Balaban J connectivity index is 0.000000371. The smallest absolute Gasteiger partial charge is 0.0807 e. The molecule has 1 saturated carbocycles. The van der Waals surface area contributed by atoms with Crippen molar-refractivity contribution in [3.63, 3.8) is 0 Å². The SMILES string of the molecule is CC.COCC1(C#N)CC1. The van der Waals surface area contributed by atoms with Crippen LogP contribution in [0.4, 0.5) is 0 Å². The molecular formula is C8H15NO. The van der Waals surface area contributed by atoms with E-state index in [1.807, 2.05) is 13.8 Å². The molecule has 2 heteroatoms. The summed E-state index contributed by atoms with van der Waals surface area (Å²) in [6.45, 7) is 4.61. The van der Waals surface area contributed by atoms with Crippen LogP contribution in [0.25, 0.3) is 0 Å². The van der Waals surface area contributed by atoms with Gasteiger partial charge in [-0.1, -0.05) is 13.8 Å². The summed E-state index contributed by atoms with van der Waals surface area (Å²) in [6, 6.07) is 2.23. The van der Waals surface area contributed by atoms with Gasteiger partial charge in [0.25, 0.3) is 0 Å². The highest BCUT2D eigenvalue weighted by Gasteiger charge is 2.42. The van der Waals surface area contributed by atoms with Crippen LogP contribution in [0, 0.1) is 16.7 Å². The number of ether oxygens (including phenoxy) is 1. The highest BCUT2D eigenvalue weighted by Crippen LogP contribution is 2.44. The van der Waals surface area contributed by atoms with Crippen molar-refractivity contribution in [1.29, 1.82) is 5.26 Å². The average molecular weight is 141 g/mol. The van der Waals surface area contributed by atoms with Crippen molar-refractivity contribution in [3.05, 3.63) is 0 Å². The Kier molecular flexibility index (Phi) is 4.06. The van der Waals surface area contributed by atoms with E-state index in [1.165, 1.54) is 0 Å². The summed E-state index contributed by atoms with van der Waals surface area (Å²) in [5, 5.41) is 8.46. The van der Waals surface area contributed by atoms with Crippen molar-refractivity contribution < 1.29 is 4.74 Å². The molecule has 2 nitrogen and oxygen atoms in total. The molecule has 58 valence electrons. The second-order valence-electron chi connectivity index (χ2n) is 2.33. The lowest BCUT2D eigenvalue weighted by Gasteiger charge is -1.99. The van der Waals surface area contributed by atoms with E-state index in [9.17, 15) is 0 Å². The quantitative estimate of drug-likeness (QED) is 0.589. The van der Waals surface area contributed by atoms with Crippen LogP contribution in [-0.4, -0.2) is 13.7 Å². The van der Waals surface area contributed by atoms with Crippen LogP contribution in [0.15, 0.2) is 0 Å². The molecule has 0 unspecified atom stereocenters. The number of methoxy groups -OCH3 is 1. The van der Waals surface area contributed by atoms with Gasteiger partial charge in [-0.15, -0.1) is 0 Å². The summed E-state index contributed by atoms with van der Waals surface area (Å²) in [5.74, 6) is 0. The summed E-state index contributed by atoms with van der Waals surface area (Å²) >= 11 is 0. The maximum absolute atomic E-state index is 8.46. The molecule has 0 aromatic heterocycles. The van der Waals surface area contributed by atoms with Gasteiger partial charge in [0.1, 0.15) is 0 Å². The van der Waals surface area contributed by atoms with Gasteiger partial charge in [-0.05, 0) is 12.8 Å². The molecule has 0 aliphatic heterocycles. The zero-order valence-corrected chi connectivity index (χ0v) is 6.98. The van der Waals surface area contributed by atoms with E-state index in [1.54, 1.807) is 7.11 Å². The fraction of sp³-hybridized carbons (Fsp3) is 0.875. The van der Waals surface area contributed by atoms with Gasteiger partial charge in [-0.3, -0.25) is 0 Å². The highest BCUT2D eigenvalue weighted by atomic mass is 16.5. The molecule has 0 atom stereocenters. The highest BCUT2D eigenvalue weighted by molar-refractivity contribution is 5.09. The normalized spacial score (nSPS) is 18.2. The van der Waals surface area contributed by atoms with Crippen LogP contribution in [0.3, 0.4) is 0 Å². The van der Waals surface area contributed by atoms with Crippen molar-refractivity contribution in [1.82, 2.24) is 0 Å². The van der Waals surface area contributed by atoms with E-state index >= 15 is 0 Å². The molecule has 10 heavy (non-hydrogen) atoms. The van der Waals surface area contributed by atoms with Gasteiger partial charge in [0.15, 0.2) is 0 Å². The molecule has 0 aromatic rings. The third-order valence-electron chi connectivity index (χ3n) is 1.51. The zero-order chi connectivity index (χ0) is 8.04. The number of hydrogen-bond acceptors (Lipinski definition) is 2. The lowest BCUT2D eigenvalue weighted by Crippen LogP contribution is -2.04. The largest absolute Gasteiger partial charge is 0.383 e. The van der Waals surface area contributed by atoms with Crippen LogP contribution >= 0.6 is 0 Å². The fourth-order valence-electron chi connectivity index (χ4n) is 0.716. The van der Waals surface area contributed by atoms with Gasteiger partial charge >= 0.3 is 0 Å². The van der Waals surface area contributed by atoms with Crippen molar-refractivity contribution in [2.75, 3.05) is 13.7 Å². The number of nitrogens with zero attached hydrogens (tertiary/aromatic N) is 1. The Bertz CT molecular complexity index is 122. The molecule has 1 aliphatic rings. The van der Waals surface area contributed by atoms with Crippen molar-refractivity contribution >= 4 is 0 Å². The topological polar surface area (TPSA) is 33.0 Å². The molecule has 0 amide bonds. The molecule has 1 aliphatic carbocycles. The predicted molar refractivity (Wildman–Crippen MR) is 40.5 cm³/mol. The van der Waals surface area contributed by atoms with Gasteiger partial charge < -0.3 is 4.74 Å². The van der Waals surface area contributed by atoms with E-state index < -0.39 is 0 Å². The van der Waals surface area contributed by atoms with Crippen LogP contribution in [-0.2, 0) is 4.74 Å². The first-order valence-electron chi connectivity index (χ1n) is 3.73. The van der Waals surface area contributed by atoms with Crippen LogP contribution in [0.1, 0.15) is 26.7 Å². The van der Waals surface area contributed by atoms with Gasteiger partial charge in [-0.2, -0.15) is 5.26 Å². The molecular weight excluding hydrogens is 126 g/mol. The first-order valence-corrected chi connectivity index (χ1v) is 3.73. The molecule has 1 fully saturated rings. The zero-order valence-electron chi connectivity index (χ0n) is 6.98. The first-order chi connectivity index (χ1) is 4.83. The van der Waals surface area contributed by atoms with Gasteiger partial charge in [0, 0.05) is 7.11 Å². The van der Waals surface area contributed by atoms with Gasteiger partial charge in [0.2, 0.25) is 0 Å². The number of hydrogen-bond donors (Lipinski definition) is 0. The molecule has 1 rings (SSSR count). The Morgan fingerprint density at radius 1 is 1.50 bits per heavy atom. The van der Waals surface area contributed by atoms with E-state index in [-0.39, 0.29) is 5.41 Å². The predicted octanol–water partition coefficient (Wildman–Crippen LogP) is 1.96. The van der Waals surface area contributed by atoms with Crippen molar-refractivity contribution in [3.8, 4) is 6.07 Å². The van der Waals surface area contributed by atoms with Crippen LogP contribution in [0.2, 0.25) is 0 Å². The summed E-state index contributed by atoms with van der Waals surface area (Å²) in [5.41, 5.74) is -0.0747. The average Bonchev–Trinajstić information content (AvgIpc) is 2.75. The summed E-state index contributed by atoms with van der Waals surface area (Å²) in [4.78, 5) is 0. The van der Waals surface area contributed by atoms with Crippen molar-refractivity contribution in [2.24, 2.45) is 5.41 Å². The monoisotopic (exact) mass is 141 g/mol. The Hall–Kier alpha value is -0.550. The lowest BCUT2D eigenvalue weighted by molar-refractivity contribution is 0.164. The maximum Gasteiger partial charge on any atom is 0.0807 e. The van der Waals surface area contributed by atoms with Crippen LogP contribution < -0.4 is 0 Å². The van der Waals surface area contributed by atoms with Crippen LogP contribution in [0.5, 0.6) is 0 Å². The molecule has 0 bridgehead atoms. The maximum atomic E-state index is 8.46. The Morgan fingerprint density at radius 3 is 2.10 bits per heavy atom. The summed E-state index contributed by atoms with van der Waals surface area (Å²) in [6.07, 6.45) is 2.05. The molecule has 0 saturated heterocycles. The van der Waals surface area contributed by atoms with Gasteiger partial charge in [0.05, 0.1) is 18.1 Å². The first kappa shape index (κ1) is 9.45. The second-order valence-corrected chi connectivity index (χ2v) is 2.33. The second kappa shape index (κ2) is 4.29. The third-order valence-corrected chi connectivity index (χ3v) is 1.51. The number of nitriles is 1. The van der Waals surface area contributed by atoms with Gasteiger partial charge in [-0.25, -0.2) is 0 Å². The summed E-state index contributed by atoms with van der Waals surface area (Å²) < 4.78 is 4.84. The van der Waals surface area contributed by atoms with E-state index in [2.05, 4.69) is 6.07 Å². The summed E-state index contributed by atoms with van der Waals surface area (Å²) in [7, 11) is 1.64. The Labute approximate surface area is 62.8 Å². The Morgan fingerprint density at radius 2 is 2.00 bits per heavy atom. The molecule has 0 spiro atoms. The molecule has 0 N–H and O–H groups in total. The van der Waals surface area contributed by atoms with E-state index in [4.69, 9.17) is 10.00 Å². The number of rotatable bonds is 2. The fourth-order valence-corrected chi connectivity index (χ4v) is 0.716. The molecule has 0 radical (unpaired) electrons.